The Morgan fingerprint density at radius 2 is 1.97 bits per heavy atom. The predicted molar refractivity (Wildman–Crippen MR) is 132 cm³/mol. The number of likely N-dealkylation sites (N-methyl/N-ethyl adjacent to an activating group) is 1. The van der Waals surface area contributed by atoms with E-state index in [0.717, 1.165) is 54.4 Å². The summed E-state index contributed by atoms with van der Waals surface area (Å²) >= 11 is 6.48. The van der Waals surface area contributed by atoms with Gasteiger partial charge in [-0.1, -0.05) is 30.7 Å². The van der Waals surface area contributed by atoms with Crippen LogP contribution in [0.3, 0.4) is 0 Å². The molecular weight excluding hydrogens is 434 g/mol. The smallest absolute Gasteiger partial charge is 0.255 e. The largest absolute Gasteiger partial charge is 0.367 e. The van der Waals surface area contributed by atoms with E-state index in [1.165, 1.54) is 0 Å². The van der Waals surface area contributed by atoms with Gasteiger partial charge in [0.2, 0.25) is 0 Å². The van der Waals surface area contributed by atoms with Crippen molar-refractivity contribution in [2.75, 3.05) is 26.2 Å². The number of rotatable bonds is 3. The minimum Gasteiger partial charge on any atom is -0.367 e. The van der Waals surface area contributed by atoms with E-state index in [-0.39, 0.29) is 5.91 Å². The quantitative estimate of drug-likeness (QED) is 0.679. The van der Waals surface area contributed by atoms with Gasteiger partial charge >= 0.3 is 0 Å². The molecule has 33 heavy (non-hydrogen) atoms. The Morgan fingerprint density at radius 1 is 1.15 bits per heavy atom. The number of fused-ring (bicyclic) bond motifs is 2. The summed E-state index contributed by atoms with van der Waals surface area (Å²) in [5.74, 6) is -0.0827. The van der Waals surface area contributed by atoms with Gasteiger partial charge in [0.05, 0.1) is 16.4 Å². The van der Waals surface area contributed by atoms with Gasteiger partial charge in [0, 0.05) is 61.6 Å². The SMILES string of the molecule is CCN1CCN(C2=CN3C(=O)/C=C(c4cc(Cl)c5nc(C)cn5c4)\C=C\C=C3C=C2)C[C@H]1C. The summed E-state index contributed by atoms with van der Waals surface area (Å²) in [6.07, 6.45) is 17.5. The maximum atomic E-state index is 13.3. The van der Waals surface area contributed by atoms with Crippen molar-refractivity contribution < 1.29 is 4.79 Å². The van der Waals surface area contributed by atoms with Gasteiger partial charge < -0.3 is 9.30 Å². The van der Waals surface area contributed by atoms with E-state index in [9.17, 15) is 4.79 Å². The van der Waals surface area contributed by atoms with Gasteiger partial charge in [-0.05, 0) is 50.3 Å². The highest BCUT2D eigenvalue weighted by Gasteiger charge is 2.26. The molecule has 6 nitrogen and oxygen atoms in total. The zero-order valence-electron chi connectivity index (χ0n) is 19.2. The van der Waals surface area contributed by atoms with Crippen molar-refractivity contribution in [3.8, 4) is 0 Å². The highest BCUT2D eigenvalue weighted by Crippen LogP contribution is 2.28. The summed E-state index contributed by atoms with van der Waals surface area (Å²) < 4.78 is 1.91. The maximum Gasteiger partial charge on any atom is 0.255 e. The molecule has 0 unspecified atom stereocenters. The average Bonchev–Trinajstić information content (AvgIpc) is 3.18. The van der Waals surface area contributed by atoms with Gasteiger partial charge in [0.25, 0.3) is 5.91 Å². The molecule has 5 rings (SSSR count). The zero-order chi connectivity index (χ0) is 23.1. The molecule has 5 heterocycles. The van der Waals surface area contributed by atoms with E-state index in [0.29, 0.717) is 16.7 Å². The van der Waals surface area contributed by atoms with E-state index in [4.69, 9.17) is 11.6 Å². The summed E-state index contributed by atoms with van der Waals surface area (Å²) in [5.41, 5.74) is 5.21. The molecule has 0 N–H and O–H groups in total. The number of hydrogen-bond acceptors (Lipinski definition) is 4. The molecule has 0 saturated carbocycles. The van der Waals surface area contributed by atoms with E-state index in [1.807, 2.05) is 60.3 Å². The number of allylic oxidation sites excluding steroid dienone is 6. The summed E-state index contributed by atoms with van der Waals surface area (Å²) in [6.45, 7) is 10.4. The van der Waals surface area contributed by atoms with Crippen LogP contribution in [0.15, 0.2) is 72.5 Å². The summed E-state index contributed by atoms with van der Waals surface area (Å²) in [4.78, 5) is 24.4. The lowest BCUT2D eigenvalue weighted by atomic mass is 10.0. The molecule has 1 amide bonds. The molecule has 2 aromatic rings. The van der Waals surface area contributed by atoms with Crippen molar-refractivity contribution in [3.63, 3.8) is 0 Å². The maximum absolute atomic E-state index is 13.3. The topological polar surface area (TPSA) is 44.1 Å². The van der Waals surface area contributed by atoms with Gasteiger partial charge in [0.15, 0.2) is 5.65 Å². The Balaban J connectivity index is 1.45. The predicted octanol–water partition coefficient (Wildman–Crippen LogP) is 4.40. The number of amides is 1. The minimum atomic E-state index is -0.0827. The van der Waals surface area contributed by atoms with Crippen LogP contribution in [0.2, 0.25) is 5.02 Å². The molecule has 1 atom stereocenters. The number of imidazole rings is 1. The second kappa shape index (κ2) is 8.69. The van der Waals surface area contributed by atoms with Crippen LogP contribution in [-0.4, -0.2) is 62.2 Å². The molecule has 3 aliphatic heterocycles. The van der Waals surface area contributed by atoms with Crippen molar-refractivity contribution in [1.82, 2.24) is 24.1 Å². The first kappa shape index (κ1) is 21.7. The van der Waals surface area contributed by atoms with Crippen LogP contribution in [0.4, 0.5) is 0 Å². The van der Waals surface area contributed by atoms with E-state index in [2.05, 4.69) is 34.7 Å². The molecule has 3 aliphatic rings. The third-order valence-corrected chi connectivity index (χ3v) is 6.80. The molecule has 2 aromatic heterocycles. The second-order valence-corrected chi connectivity index (χ2v) is 9.17. The Bertz CT molecular complexity index is 1260. The monoisotopic (exact) mass is 461 g/mol. The zero-order valence-corrected chi connectivity index (χ0v) is 20.0. The fourth-order valence-electron chi connectivity index (χ4n) is 4.73. The highest BCUT2D eigenvalue weighted by atomic mass is 35.5. The van der Waals surface area contributed by atoms with Gasteiger partial charge in [-0.3, -0.25) is 14.6 Å². The van der Waals surface area contributed by atoms with Crippen LogP contribution < -0.4 is 0 Å². The summed E-state index contributed by atoms with van der Waals surface area (Å²) in [7, 11) is 0. The van der Waals surface area contributed by atoms with Gasteiger partial charge in [0.1, 0.15) is 0 Å². The third kappa shape index (κ3) is 4.16. The van der Waals surface area contributed by atoms with Gasteiger partial charge in [-0.15, -0.1) is 0 Å². The number of aromatic nitrogens is 2. The van der Waals surface area contributed by atoms with E-state index >= 15 is 0 Å². The first-order chi connectivity index (χ1) is 15.9. The lowest BCUT2D eigenvalue weighted by molar-refractivity contribution is -0.122. The van der Waals surface area contributed by atoms with Crippen molar-refractivity contribution in [2.24, 2.45) is 0 Å². The Labute approximate surface area is 199 Å². The Hall–Kier alpha value is -3.09. The Morgan fingerprint density at radius 3 is 2.76 bits per heavy atom. The molecule has 0 spiro atoms. The first-order valence-electron chi connectivity index (χ1n) is 11.4. The fourth-order valence-corrected chi connectivity index (χ4v) is 4.99. The normalized spacial score (nSPS) is 24.1. The number of nitrogens with zero attached hydrogens (tertiary/aromatic N) is 5. The van der Waals surface area contributed by atoms with Crippen LogP contribution in [0, 0.1) is 6.92 Å². The average molecular weight is 462 g/mol. The molecule has 0 aromatic carbocycles. The number of piperazine rings is 1. The van der Waals surface area contributed by atoms with Crippen LogP contribution in [0.25, 0.3) is 11.2 Å². The molecule has 0 radical (unpaired) electrons. The Kier molecular flexibility index (Phi) is 5.72. The van der Waals surface area contributed by atoms with Crippen molar-refractivity contribution in [1.29, 1.82) is 0 Å². The summed E-state index contributed by atoms with van der Waals surface area (Å²) in [6, 6.07) is 2.35. The number of halogens is 1. The summed E-state index contributed by atoms with van der Waals surface area (Å²) in [5, 5.41) is 0.559. The van der Waals surface area contributed by atoms with Crippen LogP contribution >= 0.6 is 11.6 Å². The lowest BCUT2D eigenvalue weighted by Gasteiger charge is -2.42. The highest BCUT2D eigenvalue weighted by molar-refractivity contribution is 6.33. The minimum absolute atomic E-state index is 0.0827. The first-order valence-corrected chi connectivity index (χ1v) is 11.8. The lowest BCUT2D eigenvalue weighted by Crippen LogP contribution is -2.51. The van der Waals surface area contributed by atoms with Gasteiger partial charge in [-0.25, -0.2) is 4.98 Å². The number of carbonyl (C=O) groups excluding carboxylic acids is 1. The molecule has 170 valence electrons. The van der Waals surface area contributed by atoms with Crippen molar-refractivity contribution in [2.45, 2.75) is 26.8 Å². The van der Waals surface area contributed by atoms with Crippen molar-refractivity contribution >= 4 is 28.7 Å². The molecule has 1 saturated heterocycles. The van der Waals surface area contributed by atoms with Gasteiger partial charge in [-0.2, -0.15) is 0 Å². The second-order valence-electron chi connectivity index (χ2n) is 8.76. The number of pyridine rings is 1. The van der Waals surface area contributed by atoms with Crippen LogP contribution in [0.1, 0.15) is 25.1 Å². The van der Waals surface area contributed by atoms with E-state index < -0.39 is 0 Å². The van der Waals surface area contributed by atoms with Crippen LogP contribution in [0.5, 0.6) is 0 Å². The molecular formula is C26H28ClN5O. The van der Waals surface area contributed by atoms with Crippen LogP contribution in [-0.2, 0) is 4.79 Å². The standard InChI is InChI=1S/C26H28ClN5O/c1-4-29-10-11-30(15-19(29)3)23-9-8-22-7-5-6-20(13-25(33)32(22)17-23)21-12-24(27)26-28-18(2)14-31(26)16-21/h5-9,12-14,16-17,19H,4,10-11,15H2,1-3H3/b6-5+,20-13+,22-7?/t19-/m1/s1. The molecule has 7 heteroatoms. The number of carbonyl (C=O) groups is 1. The van der Waals surface area contributed by atoms with E-state index in [1.54, 1.807) is 11.0 Å². The molecule has 1 fully saturated rings. The number of aryl methyl sites for hydroxylation is 1. The third-order valence-electron chi connectivity index (χ3n) is 6.52. The molecule has 0 aliphatic carbocycles. The fraction of sp³-hybridized carbons (Fsp3) is 0.308. The van der Waals surface area contributed by atoms with Crippen molar-refractivity contribution in [3.05, 3.63) is 88.8 Å². The number of hydrogen-bond donors (Lipinski definition) is 0. The molecule has 0 bridgehead atoms.